The molecule has 0 aromatic heterocycles. The quantitative estimate of drug-likeness (QED) is 0.777. The number of nitrogens with one attached hydrogen (secondary N) is 1. The van der Waals surface area contributed by atoms with Gasteiger partial charge in [0.05, 0.1) is 5.75 Å². The third-order valence-electron chi connectivity index (χ3n) is 4.09. The van der Waals surface area contributed by atoms with E-state index in [-0.39, 0.29) is 11.7 Å². The Balaban J connectivity index is 1.95. The SMILES string of the molecule is CCCCNC(=O)c1ccc(CS(=O)(=O)N2CCCCC2)cc1. The Labute approximate surface area is 139 Å². The molecule has 1 fully saturated rings. The van der Waals surface area contributed by atoms with Gasteiger partial charge < -0.3 is 5.32 Å². The van der Waals surface area contributed by atoms with E-state index in [9.17, 15) is 13.2 Å². The maximum atomic E-state index is 12.4. The summed E-state index contributed by atoms with van der Waals surface area (Å²) in [5, 5.41) is 2.85. The van der Waals surface area contributed by atoms with Gasteiger partial charge in [0, 0.05) is 25.2 Å². The maximum absolute atomic E-state index is 12.4. The largest absolute Gasteiger partial charge is 0.352 e. The molecule has 0 unspecified atom stereocenters. The molecule has 1 aliphatic heterocycles. The van der Waals surface area contributed by atoms with Crippen molar-refractivity contribution >= 4 is 15.9 Å². The number of unbranched alkanes of at least 4 members (excludes halogenated alkanes) is 1. The number of nitrogens with zero attached hydrogens (tertiary/aromatic N) is 1. The van der Waals surface area contributed by atoms with Crippen LogP contribution < -0.4 is 5.32 Å². The second kappa shape index (κ2) is 8.45. The Morgan fingerprint density at radius 3 is 2.39 bits per heavy atom. The highest BCUT2D eigenvalue weighted by molar-refractivity contribution is 7.88. The molecule has 0 radical (unpaired) electrons. The van der Waals surface area contributed by atoms with E-state index < -0.39 is 10.0 Å². The van der Waals surface area contributed by atoms with Gasteiger partial charge in [0.25, 0.3) is 5.91 Å². The molecule has 1 heterocycles. The number of hydrogen-bond acceptors (Lipinski definition) is 3. The number of rotatable bonds is 7. The normalized spacial score (nSPS) is 16.2. The standard InChI is InChI=1S/C17H26N2O3S/c1-2-3-11-18-17(20)16-9-7-15(8-10-16)14-23(21,22)19-12-5-4-6-13-19/h7-10H,2-6,11-14H2,1H3,(H,18,20). The van der Waals surface area contributed by atoms with Gasteiger partial charge in [0.15, 0.2) is 0 Å². The molecule has 23 heavy (non-hydrogen) atoms. The molecule has 1 aromatic carbocycles. The third kappa shape index (κ3) is 5.32. The zero-order valence-corrected chi connectivity index (χ0v) is 14.6. The van der Waals surface area contributed by atoms with Crippen LogP contribution in [0, 0.1) is 0 Å². The number of hydrogen-bond donors (Lipinski definition) is 1. The van der Waals surface area contributed by atoms with Crippen LogP contribution in [0.2, 0.25) is 0 Å². The van der Waals surface area contributed by atoms with Gasteiger partial charge in [-0.2, -0.15) is 0 Å². The molecule has 0 bridgehead atoms. The van der Waals surface area contributed by atoms with Crippen LogP contribution in [0.5, 0.6) is 0 Å². The van der Waals surface area contributed by atoms with E-state index in [1.54, 1.807) is 28.6 Å². The van der Waals surface area contributed by atoms with Crippen LogP contribution in [0.25, 0.3) is 0 Å². The van der Waals surface area contributed by atoms with Crippen molar-refractivity contribution in [2.45, 2.75) is 44.8 Å². The minimum absolute atomic E-state index is 0.00470. The van der Waals surface area contributed by atoms with E-state index >= 15 is 0 Å². The minimum atomic E-state index is -3.25. The van der Waals surface area contributed by atoms with Crippen molar-refractivity contribution in [3.63, 3.8) is 0 Å². The van der Waals surface area contributed by atoms with Crippen molar-refractivity contribution in [2.24, 2.45) is 0 Å². The molecule has 128 valence electrons. The number of amides is 1. The van der Waals surface area contributed by atoms with E-state index in [1.165, 1.54) is 0 Å². The van der Waals surface area contributed by atoms with E-state index in [0.717, 1.165) is 37.7 Å². The van der Waals surface area contributed by atoms with Crippen molar-refractivity contribution in [3.8, 4) is 0 Å². The van der Waals surface area contributed by atoms with Gasteiger partial charge >= 0.3 is 0 Å². The molecular weight excluding hydrogens is 312 g/mol. The van der Waals surface area contributed by atoms with E-state index in [4.69, 9.17) is 0 Å². The summed E-state index contributed by atoms with van der Waals surface area (Å²) >= 11 is 0. The number of sulfonamides is 1. The third-order valence-corrected chi connectivity index (χ3v) is 5.94. The summed E-state index contributed by atoms with van der Waals surface area (Å²) in [5.74, 6) is -0.103. The number of carbonyl (C=O) groups excluding carboxylic acids is 1. The average molecular weight is 338 g/mol. The molecule has 1 amide bonds. The summed E-state index contributed by atoms with van der Waals surface area (Å²) in [6.45, 7) is 3.99. The topological polar surface area (TPSA) is 66.5 Å². The second-order valence-electron chi connectivity index (χ2n) is 6.02. The highest BCUT2D eigenvalue weighted by atomic mass is 32.2. The number of carbonyl (C=O) groups is 1. The van der Waals surface area contributed by atoms with Crippen LogP contribution in [-0.2, 0) is 15.8 Å². The fraction of sp³-hybridized carbons (Fsp3) is 0.588. The molecule has 1 saturated heterocycles. The molecule has 1 aliphatic rings. The highest BCUT2D eigenvalue weighted by Crippen LogP contribution is 2.17. The Kier molecular flexibility index (Phi) is 6.59. The number of benzene rings is 1. The molecule has 2 rings (SSSR count). The van der Waals surface area contributed by atoms with Crippen LogP contribution in [0.15, 0.2) is 24.3 Å². The zero-order valence-electron chi connectivity index (χ0n) is 13.8. The minimum Gasteiger partial charge on any atom is -0.352 e. The lowest BCUT2D eigenvalue weighted by Gasteiger charge is -2.25. The van der Waals surface area contributed by atoms with Crippen molar-refractivity contribution in [2.75, 3.05) is 19.6 Å². The summed E-state index contributed by atoms with van der Waals surface area (Å²) in [6, 6.07) is 6.86. The summed E-state index contributed by atoms with van der Waals surface area (Å²) in [5.41, 5.74) is 1.29. The van der Waals surface area contributed by atoms with E-state index in [0.29, 0.717) is 25.2 Å². The molecule has 1 N–H and O–H groups in total. The van der Waals surface area contributed by atoms with Crippen LogP contribution in [-0.4, -0.2) is 38.3 Å². The molecule has 6 heteroatoms. The molecule has 0 saturated carbocycles. The highest BCUT2D eigenvalue weighted by Gasteiger charge is 2.24. The van der Waals surface area contributed by atoms with Crippen molar-refractivity contribution in [1.82, 2.24) is 9.62 Å². The zero-order chi connectivity index (χ0) is 16.7. The first-order valence-corrected chi connectivity index (χ1v) is 9.99. The van der Waals surface area contributed by atoms with Gasteiger partial charge in [-0.25, -0.2) is 12.7 Å². The lowest BCUT2D eigenvalue weighted by molar-refractivity contribution is 0.0953. The van der Waals surface area contributed by atoms with Gasteiger partial charge in [0.1, 0.15) is 0 Å². The van der Waals surface area contributed by atoms with Gasteiger partial charge in [-0.1, -0.05) is 31.9 Å². The van der Waals surface area contributed by atoms with Crippen LogP contribution >= 0.6 is 0 Å². The Morgan fingerprint density at radius 1 is 1.13 bits per heavy atom. The molecule has 0 atom stereocenters. The van der Waals surface area contributed by atoms with Crippen molar-refractivity contribution in [3.05, 3.63) is 35.4 Å². The molecule has 0 spiro atoms. The molecule has 1 aromatic rings. The van der Waals surface area contributed by atoms with E-state index in [1.807, 2.05) is 0 Å². The Hall–Kier alpha value is -1.40. The smallest absolute Gasteiger partial charge is 0.251 e. The number of piperidine rings is 1. The second-order valence-corrected chi connectivity index (χ2v) is 7.99. The van der Waals surface area contributed by atoms with Crippen molar-refractivity contribution < 1.29 is 13.2 Å². The van der Waals surface area contributed by atoms with Crippen LogP contribution in [0.1, 0.15) is 54.9 Å². The monoisotopic (exact) mass is 338 g/mol. The fourth-order valence-corrected chi connectivity index (χ4v) is 4.29. The summed E-state index contributed by atoms with van der Waals surface area (Å²) < 4.78 is 26.4. The lowest BCUT2D eigenvalue weighted by atomic mass is 10.1. The van der Waals surface area contributed by atoms with Crippen LogP contribution in [0.4, 0.5) is 0 Å². The predicted molar refractivity (Wildman–Crippen MR) is 91.7 cm³/mol. The lowest BCUT2D eigenvalue weighted by Crippen LogP contribution is -2.36. The maximum Gasteiger partial charge on any atom is 0.251 e. The Morgan fingerprint density at radius 2 is 1.78 bits per heavy atom. The first-order valence-electron chi connectivity index (χ1n) is 8.38. The fourth-order valence-electron chi connectivity index (χ4n) is 2.68. The van der Waals surface area contributed by atoms with E-state index in [2.05, 4.69) is 12.2 Å². The van der Waals surface area contributed by atoms with Gasteiger partial charge in [-0.15, -0.1) is 0 Å². The Bertz CT molecular complexity index is 605. The molecular formula is C17H26N2O3S. The first kappa shape index (κ1) is 17.9. The summed E-state index contributed by atoms with van der Waals surface area (Å²) in [6.07, 6.45) is 4.98. The molecule has 5 nitrogen and oxygen atoms in total. The summed E-state index contributed by atoms with van der Waals surface area (Å²) in [4.78, 5) is 11.9. The average Bonchev–Trinajstić information content (AvgIpc) is 2.56. The van der Waals surface area contributed by atoms with Crippen LogP contribution in [0.3, 0.4) is 0 Å². The first-order chi connectivity index (χ1) is 11.0. The van der Waals surface area contributed by atoms with Gasteiger partial charge in [-0.3, -0.25) is 4.79 Å². The van der Waals surface area contributed by atoms with Gasteiger partial charge in [-0.05, 0) is 37.0 Å². The van der Waals surface area contributed by atoms with Gasteiger partial charge in [0.2, 0.25) is 10.0 Å². The predicted octanol–water partition coefficient (Wildman–Crippen LogP) is 2.53. The van der Waals surface area contributed by atoms with Crippen molar-refractivity contribution in [1.29, 1.82) is 0 Å². The molecule has 0 aliphatic carbocycles. The summed E-state index contributed by atoms with van der Waals surface area (Å²) in [7, 11) is -3.25.